The molecule has 0 spiro atoms. The Labute approximate surface area is 542 Å². The minimum atomic E-state index is 0.956. The summed E-state index contributed by atoms with van der Waals surface area (Å²) in [5, 5.41) is 26.6. The van der Waals surface area contributed by atoms with Gasteiger partial charge in [-0.1, -0.05) is 164 Å². The monoisotopic (exact) mass is 1230 g/mol. The zero-order valence-corrected chi connectivity index (χ0v) is 50.9. The lowest BCUT2D eigenvalue weighted by Gasteiger charge is -1.91. The number of fused-ring (bicyclic) bond motifs is 8. The van der Waals surface area contributed by atoms with E-state index in [-0.39, 0.29) is 0 Å². The molecule has 0 amide bonds. The predicted octanol–water partition coefficient (Wildman–Crippen LogP) is 17.5. The number of benzene rings is 8. The first-order chi connectivity index (χ1) is 46.7. The van der Waals surface area contributed by atoms with E-state index in [1.807, 2.05) is 225 Å². The Morgan fingerprint density at radius 3 is 1.33 bits per heavy atom. The molecule has 0 unspecified atom stereocenters. The van der Waals surface area contributed by atoms with Crippen LogP contribution >= 0.6 is 0 Å². The van der Waals surface area contributed by atoms with E-state index >= 15 is 0 Å². The van der Waals surface area contributed by atoms with E-state index in [0.717, 1.165) is 49.2 Å². The Morgan fingerprint density at radius 1 is 0.255 bits per heavy atom. The van der Waals surface area contributed by atoms with Crippen LogP contribution in [0.3, 0.4) is 0 Å². The van der Waals surface area contributed by atoms with Gasteiger partial charge in [0.05, 0.1) is 47.1 Å². The summed E-state index contributed by atoms with van der Waals surface area (Å²) in [6, 6.07) is 80.0. The fourth-order valence-electron chi connectivity index (χ4n) is 8.44. The van der Waals surface area contributed by atoms with Crippen molar-refractivity contribution in [3.8, 4) is 0 Å². The molecule has 0 fully saturated rings. The van der Waals surface area contributed by atoms with Gasteiger partial charge >= 0.3 is 0 Å². The number of aromatic nitrogens is 16. The molecule has 0 aliphatic carbocycles. The van der Waals surface area contributed by atoms with Crippen LogP contribution < -0.4 is 0 Å². The number of nitrogens with zero attached hydrogens (tertiary/aromatic N) is 13. The molecule has 19 aromatic rings. The van der Waals surface area contributed by atoms with Crippen LogP contribution in [0.2, 0.25) is 0 Å². The van der Waals surface area contributed by atoms with Crippen molar-refractivity contribution in [2.75, 3.05) is 0 Å². The molecule has 11 heterocycles. The second-order valence-electron chi connectivity index (χ2n) is 19.4. The van der Waals surface area contributed by atoms with E-state index in [0.29, 0.717) is 0 Å². The van der Waals surface area contributed by atoms with Gasteiger partial charge in [0.1, 0.15) is 18.2 Å². The van der Waals surface area contributed by atoms with Crippen molar-refractivity contribution < 1.29 is 4.42 Å². The van der Waals surface area contributed by atoms with E-state index in [1.54, 1.807) is 87.0 Å². The first-order valence-corrected chi connectivity index (χ1v) is 29.6. The Balaban J connectivity index is 0.000000122. The highest BCUT2D eigenvalue weighted by atomic mass is 16.3. The smallest absolute Gasteiger partial charge is 0.133 e. The number of imidazole rings is 1. The summed E-state index contributed by atoms with van der Waals surface area (Å²) in [5.41, 5.74) is 6.34. The van der Waals surface area contributed by atoms with Crippen molar-refractivity contribution in [3.05, 3.63) is 373 Å². The zero-order chi connectivity index (χ0) is 64.4. The summed E-state index contributed by atoms with van der Waals surface area (Å²) < 4.78 is 5.12. The molecule has 3 N–H and O–H groups in total. The summed E-state index contributed by atoms with van der Waals surface area (Å²) in [7, 11) is 0. The highest BCUT2D eigenvalue weighted by Crippen LogP contribution is 2.15. The Morgan fingerprint density at radius 2 is 0.777 bits per heavy atom. The first-order valence-electron chi connectivity index (χ1n) is 29.6. The lowest BCUT2D eigenvalue weighted by atomic mass is 10.2. The maximum Gasteiger partial charge on any atom is 0.133 e. The summed E-state index contributed by atoms with van der Waals surface area (Å²) in [6.07, 6.45) is 36.4. The first kappa shape index (κ1) is 65.0. The largest absolute Gasteiger partial charge is 0.464 e. The zero-order valence-electron chi connectivity index (χ0n) is 50.9. The number of para-hydroxylation sites is 6. The predicted molar refractivity (Wildman–Crippen MR) is 378 cm³/mol. The molecule has 11 aromatic heterocycles. The summed E-state index contributed by atoms with van der Waals surface area (Å²) in [6.45, 7) is 0. The van der Waals surface area contributed by atoms with Crippen LogP contribution in [0, 0.1) is 0 Å². The van der Waals surface area contributed by atoms with Gasteiger partial charge in [0.25, 0.3) is 0 Å². The van der Waals surface area contributed by atoms with Crippen molar-refractivity contribution in [1.29, 1.82) is 0 Å². The Kier molecular flexibility index (Phi) is 26.8. The van der Waals surface area contributed by atoms with Gasteiger partial charge < -0.3 is 19.4 Å². The lowest BCUT2D eigenvalue weighted by Crippen LogP contribution is -1.77. The summed E-state index contributed by atoms with van der Waals surface area (Å²) in [4.78, 5) is 44.2. The third-order valence-corrected chi connectivity index (χ3v) is 13.0. The van der Waals surface area contributed by atoms with Crippen LogP contribution in [0.4, 0.5) is 0 Å². The van der Waals surface area contributed by atoms with Crippen LogP contribution in [0.15, 0.2) is 378 Å². The van der Waals surface area contributed by atoms with Crippen molar-refractivity contribution in [3.63, 3.8) is 0 Å². The molecule has 0 aliphatic heterocycles. The van der Waals surface area contributed by atoms with Crippen LogP contribution in [0.1, 0.15) is 0 Å². The molecule has 0 radical (unpaired) electrons. The summed E-state index contributed by atoms with van der Waals surface area (Å²) in [5.74, 6) is 0. The van der Waals surface area contributed by atoms with Gasteiger partial charge in [0, 0.05) is 125 Å². The van der Waals surface area contributed by atoms with Crippen LogP contribution in [0.5, 0.6) is 0 Å². The van der Waals surface area contributed by atoms with Crippen molar-refractivity contribution in [2.45, 2.75) is 0 Å². The fraction of sp³-hybridized carbons (Fsp3) is 0. The van der Waals surface area contributed by atoms with Gasteiger partial charge in [-0.2, -0.15) is 20.4 Å². The van der Waals surface area contributed by atoms with Crippen LogP contribution in [0.25, 0.3) is 87.0 Å². The molecular weight excluding hydrogens is 1160 g/mol. The van der Waals surface area contributed by atoms with Gasteiger partial charge in [-0.05, 0) is 106 Å². The highest BCUT2D eigenvalue weighted by molar-refractivity contribution is 5.83. The topological polar surface area (TPSA) is 228 Å². The molecule has 94 heavy (non-hydrogen) atoms. The van der Waals surface area contributed by atoms with E-state index in [2.05, 4.69) is 135 Å². The fourth-order valence-corrected chi connectivity index (χ4v) is 8.44. The van der Waals surface area contributed by atoms with Gasteiger partial charge in [-0.3, -0.25) is 19.9 Å². The number of furan rings is 1. The van der Waals surface area contributed by atoms with E-state index in [4.69, 9.17) is 4.42 Å². The maximum atomic E-state index is 5.12. The second-order valence-corrected chi connectivity index (χ2v) is 19.4. The maximum absolute atomic E-state index is 5.12. The third kappa shape index (κ3) is 22.6. The average molecular weight is 1230 g/mol. The van der Waals surface area contributed by atoms with Gasteiger partial charge in [0.2, 0.25) is 0 Å². The van der Waals surface area contributed by atoms with Crippen molar-refractivity contribution >= 4 is 87.0 Å². The third-order valence-electron chi connectivity index (χ3n) is 13.0. The van der Waals surface area contributed by atoms with Gasteiger partial charge in [0.15, 0.2) is 0 Å². The molecule has 0 aliphatic rings. The van der Waals surface area contributed by atoms with Crippen molar-refractivity contribution in [1.82, 2.24) is 80.2 Å². The number of aromatic amines is 3. The standard InChI is InChI=1S/2C9H7N.2C8H6N2.2C8H7N.C8H6O.C7H6N2.3C4H4N2/c1-2-6-9-8(4-1)5-3-7-10-9;1-2-4-9-7-10-6-5-8(9)3-1;1-2-4-8-7(3-1)5-9-6-10-8;1-2-4-8-6-10-9-5-7(8)3-1;1-2-4-8-6-9-5-7(8)3-1;2*1-2-4-8-7(3-1)5-6-9-8;1-2-4-7-6(3-1)8-5-9-7;1-2-6-4-3-5-1;1-2-5-4-6-3-1;1-2-4-6-5-3-1/h2*1-7H;2*1-6H;2*1-6,9H;1-6H;1-5H,(H,8,9);3*1-4H. The minimum absolute atomic E-state index is 0.956. The molecular formula is C77H64N16O. The molecule has 17 heteroatoms. The van der Waals surface area contributed by atoms with Gasteiger partial charge in [-0.25, -0.2) is 24.9 Å². The molecule has 0 saturated heterocycles. The van der Waals surface area contributed by atoms with Crippen molar-refractivity contribution in [2.24, 2.45) is 0 Å². The number of pyridine rings is 2. The Bertz CT molecular complexity index is 4030. The molecule has 458 valence electrons. The van der Waals surface area contributed by atoms with E-state index < -0.39 is 0 Å². The van der Waals surface area contributed by atoms with Gasteiger partial charge in [-0.15, -0.1) is 0 Å². The van der Waals surface area contributed by atoms with E-state index in [1.165, 1.54) is 44.2 Å². The number of hydrogen-bond donors (Lipinski definition) is 3. The average Bonchev–Trinajstić information content (AvgIpc) is 3.19. The molecule has 17 nitrogen and oxygen atoms in total. The number of rotatable bonds is 0. The molecule has 19 rings (SSSR count). The second kappa shape index (κ2) is 38.8. The normalized spacial score (nSPS) is 9.70. The molecule has 0 atom stereocenters. The quantitative estimate of drug-likeness (QED) is 0.128. The molecule has 8 aromatic carbocycles. The number of nitrogens with one attached hydrogen (secondary N) is 3. The van der Waals surface area contributed by atoms with E-state index in [9.17, 15) is 0 Å². The molecule has 0 bridgehead atoms. The SMILES string of the molecule is c1ccc2[nH]ccc2c1.c1ccc2[nH]cnc2c1.c1ccc2c[nH]cc2c1.c1ccc2cnccc2c1.c1ccc2cnncc2c1.c1ccc2ncccc2c1.c1ccc2ncncc2c1.c1ccc2occc2c1.c1ccnnc1.c1cnccn1.c1cncnc1. The lowest BCUT2D eigenvalue weighted by molar-refractivity contribution is 0.616. The molecule has 0 saturated carbocycles. The van der Waals surface area contributed by atoms with Crippen LogP contribution in [-0.4, -0.2) is 80.2 Å². The highest BCUT2D eigenvalue weighted by Gasteiger charge is 1.93. The minimum Gasteiger partial charge on any atom is -0.464 e. The summed E-state index contributed by atoms with van der Waals surface area (Å²) >= 11 is 0. The Hall–Kier alpha value is -13.4. The number of hydrogen-bond acceptors (Lipinski definition) is 14. The number of H-pyrrole nitrogens is 3. The van der Waals surface area contributed by atoms with Crippen LogP contribution in [-0.2, 0) is 0 Å².